The van der Waals surface area contributed by atoms with Gasteiger partial charge in [0.25, 0.3) is 0 Å². The first-order valence-electron chi connectivity index (χ1n) is 10.3. The zero-order valence-corrected chi connectivity index (χ0v) is 18.4. The Balaban J connectivity index is 1.41. The number of anilines is 1. The summed E-state index contributed by atoms with van der Waals surface area (Å²) >= 11 is 12.2. The minimum atomic E-state index is -0.178. The Morgan fingerprint density at radius 3 is 2.40 bits per heavy atom. The van der Waals surface area contributed by atoms with Gasteiger partial charge in [-0.05, 0) is 68.1 Å². The molecule has 0 unspecified atom stereocenters. The number of benzene rings is 2. The first kappa shape index (κ1) is 22.6. The van der Waals surface area contributed by atoms with Gasteiger partial charge in [-0.1, -0.05) is 47.5 Å². The van der Waals surface area contributed by atoms with E-state index in [9.17, 15) is 9.59 Å². The molecular formula is C23H27Cl2N3O2. The van der Waals surface area contributed by atoms with Gasteiger partial charge in [0.2, 0.25) is 11.8 Å². The van der Waals surface area contributed by atoms with E-state index in [1.54, 1.807) is 6.07 Å². The summed E-state index contributed by atoms with van der Waals surface area (Å²) in [7, 11) is 0. The van der Waals surface area contributed by atoms with Crippen LogP contribution in [0, 0.1) is 5.92 Å². The number of primary amides is 1. The van der Waals surface area contributed by atoms with Crippen molar-refractivity contribution >= 4 is 40.7 Å². The van der Waals surface area contributed by atoms with Crippen molar-refractivity contribution in [1.82, 2.24) is 4.90 Å². The van der Waals surface area contributed by atoms with Crippen molar-refractivity contribution in [1.29, 1.82) is 0 Å². The van der Waals surface area contributed by atoms with Gasteiger partial charge in [0, 0.05) is 24.6 Å². The Morgan fingerprint density at radius 1 is 1.03 bits per heavy atom. The number of amides is 2. The number of nitrogens with zero attached hydrogens (tertiary/aromatic N) is 1. The van der Waals surface area contributed by atoms with Gasteiger partial charge in [0.1, 0.15) is 0 Å². The first-order valence-corrected chi connectivity index (χ1v) is 11.0. The quantitative estimate of drug-likeness (QED) is 0.632. The molecule has 1 fully saturated rings. The number of piperidine rings is 1. The Hall–Kier alpha value is -2.08. The maximum atomic E-state index is 12.2. The Labute approximate surface area is 187 Å². The third-order valence-electron chi connectivity index (χ3n) is 5.60. The van der Waals surface area contributed by atoms with E-state index in [1.165, 1.54) is 5.56 Å². The van der Waals surface area contributed by atoms with Gasteiger partial charge >= 0.3 is 0 Å². The minimum Gasteiger partial charge on any atom is -0.369 e. The molecule has 0 bridgehead atoms. The molecule has 0 aromatic heterocycles. The number of aryl methyl sites for hydroxylation is 1. The number of carbonyl (C=O) groups is 2. The van der Waals surface area contributed by atoms with Crippen molar-refractivity contribution in [3.63, 3.8) is 0 Å². The molecule has 7 heteroatoms. The molecule has 0 spiro atoms. The number of hydrogen-bond acceptors (Lipinski definition) is 3. The number of rotatable bonds is 8. The zero-order chi connectivity index (χ0) is 21.5. The van der Waals surface area contributed by atoms with Crippen LogP contribution < -0.4 is 11.1 Å². The first-order chi connectivity index (χ1) is 14.4. The van der Waals surface area contributed by atoms with Crippen molar-refractivity contribution in [3.8, 4) is 0 Å². The molecule has 30 heavy (non-hydrogen) atoms. The molecule has 1 saturated heterocycles. The molecule has 1 heterocycles. The van der Waals surface area contributed by atoms with Crippen molar-refractivity contribution in [2.24, 2.45) is 11.7 Å². The summed E-state index contributed by atoms with van der Waals surface area (Å²) in [6.07, 6.45) is 3.50. The minimum absolute atomic E-state index is 0.0269. The molecular weight excluding hydrogens is 421 g/mol. The maximum absolute atomic E-state index is 12.2. The fourth-order valence-electron chi connectivity index (χ4n) is 3.70. The Bertz CT molecular complexity index is 879. The fourth-order valence-corrected chi connectivity index (χ4v) is 4.11. The van der Waals surface area contributed by atoms with E-state index in [0.29, 0.717) is 22.9 Å². The van der Waals surface area contributed by atoms with Gasteiger partial charge < -0.3 is 16.0 Å². The van der Waals surface area contributed by atoms with E-state index in [1.807, 2.05) is 36.4 Å². The van der Waals surface area contributed by atoms with Gasteiger partial charge in [0.15, 0.2) is 0 Å². The standard InChI is InChI=1S/C23H27Cl2N3O2/c24-20-3-1-2-17(22(20)25)6-9-21(29)27-19-7-4-16(5-8-19)10-13-28-14-11-18(12-15-28)23(26)30/h1-5,7-8,18H,6,9-15H2,(H2,26,30)(H,27,29). The highest BCUT2D eigenvalue weighted by Crippen LogP contribution is 2.26. The van der Waals surface area contributed by atoms with Crippen LogP contribution in [0.25, 0.3) is 0 Å². The average molecular weight is 448 g/mol. The molecule has 1 aliphatic rings. The van der Waals surface area contributed by atoms with Crippen LogP contribution in [0.1, 0.15) is 30.4 Å². The van der Waals surface area contributed by atoms with Gasteiger partial charge in [0.05, 0.1) is 10.0 Å². The van der Waals surface area contributed by atoms with Crippen molar-refractivity contribution in [2.75, 3.05) is 25.0 Å². The normalized spacial score (nSPS) is 15.1. The van der Waals surface area contributed by atoms with Gasteiger partial charge in [-0.2, -0.15) is 0 Å². The van der Waals surface area contributed by atoms with E-state index in [-0.39, 0.29) is 17.7 Å². The highest BCUT2D eigenvalue weighted by molar-refractivity contribution is 6.42. The van der Waals surface area contributed by atoms with E-state index < -0.39 is 0 Å². The van der Waals surface area contributed by atoms with E-state index in [2.05, 4.69) is 10.2 Å². The fraction of sp³-hybridized carbons (Fsp3) is 0.391. The number of nitrogens with one attached hydrogen (secondary N) is 1. The summed E-state index contributed by atoms with van der Waals surface area (Å²) in [6.45, 7) is 2.79. The molecule has 3 rings (SSSR count). The van der Waals surface area contributed by atoms with Crippen LogP contribution in [-0.2, 0) is 22.4 Å². The highest BCUT2D eigenvalue weighted by atomic mass is 35.5. The summed E-state index contributed by atoms with van der Waals surface area (Å²) in [6, 6.07) is 13.4. The summed E-state index contributed by atoms with van der Waals surface area (Å²) < 4.78 is 0. The van der Waals surface area contributed by atoms with Gasteiger partial charge in [-0.3, -0.25) is 9.59 Å². The smallest absolute Gasteiger partial charge is 0.224 e. The van der Waals surface area contributed by atoms with Gasteiger partial charge in [-0.25, -0.2) is 0 Å². The van der Waals surface area contributed by atoms with Crippen molar-refractivity contribution in [2.45, 2.75) is 32.1 Å². The number of carbonyl (C=O) groups excluding carboxylic acids is 2. The average Bonchev–Trinajstić information content (AvgIpc) is 2.74. The molecule has 0 atom stereocenters. The van der Waals surface area contributed by atoms with Crippen molar-refractivity contribution in [3.05, 3.63) is 63.6 Å². The molecule has 2 amide bonds. The van der Waals surface area contributed by atoms with Crippen LogP contribution in [0.4, 0.5) is 5.69 Å². The Kier molecular flexibility index (Phi) is 8.14. The lowest BCUT2D eigenvalue weighted by Crippen LogP contribution is -2.39. The lowest BCUT2D eigenvalue weighted by Gasteiger charge is -2.30. The van der Waals surface area contributed by atoms with Crippen LogP contribution in [0.3, 0.4) is 0 Å². The lowest BCUT2D eigenvalue weighted by atomic mass is 9.96. The summed E-state index contributed by atoms with van der Waals surface area (Å²) in [5.74, 6) is -0.210. The molecule has 0 radical (unpaired) electrons. The lowest BCUT2D eigenvalue weighted by molar-refractivity contribution is -0.123. The van der Waals surface area contributed by atoms with E-state index >= 15 is 0 Å². The highest BCUT2D eigenvalue weighted by Gasteiger charge is 2.22. The molecule has 0 saturated carbocycles. The second-order valence-corrected chi connectivity index (χ2v) is 8.51. The molecule has 0 aliphatic carbocycles. The van der Waals surface area contributed by atoms with Crippen LogP contribution in [-0.4, -0.2) is 36.3 Å². The van der Waals surface area contributed by atoms with Gasteiger partial charge in [-0.15, -0.1) is 0 Å². The zero-order valence-electron chi connectivity index (χ0n) is 16.9. The molecule has 1 aliphatic heterocycles. The summed E-state index contributed by atoms with van der Waals surface area (Å²) in [5, 5.41) is 3.94. The van der Waals surface area contributed by atoms with E-state index in [4.69, 9.17) is 28.9 Å². The number of likely N-dealkylation sites (tertiary alicyclic amines) is 1. The second kappa shape index (κ2) is 10.8. The largest absolute Gasteiger partial charge is 0.369 e. The Morgan fingerprint density at radius 2 is 1.73 bits per heavy atom. The van der Waals surface area contributed by atoms with Crippen LogP contribution in [0.2, 0.25) is 10.0 Å². The van der Waals surface area contributed by atoms with E-state index in [0.717, 1.165) is 50.1 Å². The number of nitrogens with two attached hydrogens (primary N) is 1. The molecule has 5 nitrogen and oxygen atoms in total. The molecule has 2 aromatic carbocycles. The van der Waals surface area contributed by atoms with Crippen LogP contribution >= 0.6 is 23.2 Å². The SMILES string of the molecule is NC(=O)C1CCN(CCc2ccc(NC(=O)CCc3cccc(Cl)c3Cl)cc2)CC1. The molecule has 160 valence electrons. The topological polar surface area (TPSA) is 75.4 Å². The van der Waals surface area contributed by atoms with Crippen LogP contribution in [0.15, 0.2) is 42.5 Å². The predicted molar refractivity (Wildman–Crippen MR) is 122 cm³/mol. The summed E-state index contributed by atoms with van der Waals surface area (Å²) in [4.78, 5) is 25.9. The summed E-state index contributed by atoms with van der Waals surface area (Å²) in [5.41, 5.74) is 8.26. The molecule has 2 aromatic rings. The molecule has 3 N–H and O–H groups in total. The number of hydrogen-bond donors (Lipinski definition) is 2. The predicted octanol–water partition coefficient (Wildman–Crippen LogP) is 4.30. The van der Waals surface area contributed by atoms with Crippen molar-refractivity contribution < 1.29 is 9.59 Å². The number of halogens is 2. The monoisotopic (exact) mass is 447 g/mol. The third kappa shape index (κ3) is 6.46. The third-order valence-corrected chi connectivity index (χ3v) is 6.46. The van der Waals surface area contributed by atoms with Crippen LogP contribution in [0.5, 0.6) is 0 Å². The maximum Gasteiger partial charge on any atom is 0.224 e. The second-order valence-electron chi connectivity index (χ2n) is 7.73.